The molecular weight excluding hydrogens is 192 g/mol. The van der Waals surface area contributed by atoms with Crippen LogP contribution in [0.2, 0.25) is 0 Å². The van der Waals surface area contributed by atoms with E-state index in [0.29, 0.717) is 0 Å². The minimum Gasteiger partial charge on any atom is -0.481 e. The molecule has 0 aliphatic rings. The average molecular weight is 208 g/mol. The lowest BCUT2D eigenvalue weighted by molar-refractivity contribution is -0.154. The third kappa shape index (κ3) is 13.4. The van der Waals surface area contributed by atoms with Crippen LogP contribution in [-0.4, -0.2) is 44.1 Å². The summed E-state index contributed by atoms with van der Waals surface area (Å²) < 4.78 is 0. The van der Waals surface area contributed by atoms with Gasteiger partial charge in [0.25, 0.3) is 0 Å². The van der Waals surface area contributed by atoms with Crippen molar-refractivity contribution in [3.8, 4) is 0 Å². The number of carboxylic acids is 2. The fourth-order valence-corrected chi connectivity index (χ4v) is 0.253. The smallest absolute Gasteiger partial charge is 0.335 e. The molecular formula is C8H16O6. The van der Waals surface area contributed by atoms with E-state index in [9.17, 15) is 9.59 Å². The Bertz CT molecular complexity index is 190. The first kappa shape index (κ1) is 15.3. The van der Waals surface area contributed by atoms with E-state index in [-0.39, 0.29) is 6.42 Å². The number of aliphatic carboxylic acids is 2. The predicted octanol–water partition coefficient (Wildman–Crippen LogP) is -0.316. The summed E-state index contributed by atoms with van der Waals surface area (Å²) in [6.07, 6.45) is -0.891. The molecule has 0 rings (SSSR count). The molecule has 1 atom stereocenters. The topological polar surface area (TPSA) is 115 Å². The average Bonchev–Trinajstić information content (AvgIpc) is 1.81. The first-order valence-corrected chi connectivity index (χ1v) is 3.93. The summed E-state index contributed by atoms with van der Waals surface area (Å²) in [5.74, 6) is -2.16. The molecule has 84 valence electrons. The Morgan fingerprint density at radius 3 is 1.57 bits per heavy atom. The van der Waals surface area contributed by atoms with Crippen LogP contribution in [0.4, 0.5) is 0 Å². The summed E-state index contributed by atoms with van der Waals surface area (Å²) >= 11 is 0. The molecule has 0 saturated heterocycles. The molecule has 0 bridgehead atoms. The summed E-state index contributed by atoms with van der Waals surface area (Å²) in [6.45, 7) is 3.87. The zero-order valence-electron chi connectivity index (χ0n) is 8.39. The van der Waals surface area contributed by atoms with Gasteiger partial charge in [-0.2, -0.15) is 0 Å². The SMILES string of the molecule is CC(C)(O)C(=O)O.CC(O)CC(=O)O. The molecule has 0 amide bonds. The highest BCUT2D eigenvalue weighted by Gasteiger charge is 2.21. The lowest BCUT2D eigenvalue weighted by Gasteiger charge is -2.07. The normalized spacial score (nSPS) is 12.4. The largest absolute Gasteiger partial charge is 0.481 e. The van der Waals surface area contributed by atoms with Crippen LogP contribution < -0.4 is 0 Å². The van der Waals surface area contributed by atoms with Crippen LogP contribution in [0.5, 0.6) is 0 Å². The van der Waals surface area contributed by atoms with Crippen molar-refractivity contribution in [2.45, 2.75) is 38.9 Å². The van der Waals surface area contributed by atoms with Crippen LogP contribution in [0.1, 0.15) is 27.2 Å². The maximum atomic E-state index is 9.77. The quantitative estimate of drug-likeness (QED) is 0.505. The van der Waals surface area contributed by atoms with Gasteiger partial charge in [-0.3, -0.25) is 4.79 Å². The Labute approximate surface area is 81.8 Å². The van der Waals surface area contributed by atoms with Gasteiger partial charge in [0, 0.05) is 0 Å². The van der Waals surface area contributed by atoms with E-state index >= 15 is 0 Å². The molecule has 6 nitrogen and oxygen atoms in total. The lowest BCUT2D eigenvalue weighted by Crippen LogP contribution is -2.30. The van der Waals surface area contributed by atoms with Gasteiger partial charge in [-0.1, -0.05) is 0 Å². The van der Waals surface area contributed by atoms with E-state index in [4.69, 9.17) is 20.4 Å². The van der Waals surface area contributed by atoms with E-state index in [1.165, 1.54) is 20.8 Å². The highest BCUT2D eigenvalue weighted by atomic mass is 16.4. The van der Waals surface area contributed by atoms with Crippen molar-refractivity contribution in [1.29, 1.82) is 0 Å². The van der Waals surface area contributed by atoms with Crippen LogP contribution in [0.15, 0.2) is 0 Å². The maximum absolute atomic E-state index is 9.77. The standard InChI is InChI=1S/2C4H8O3/c1-4(2,7)3(5)6;1-3(5)2-4(6)7/h7H,1-2H3,(H,5,6);3,5H,2H2,1H3,(H,6,7). The molecule has 0 saturated carbocycles. The van der Waals surface area contributed by atoms with Crippen LogP contribution in [0, 0.1) is 0 Å². The zero-order chi connectivity index (χ0) is 11.9. The highest BCUT2D eigenvalue weighted by molar-refractivity contribution is 5.75. The minimum atomic E-state index is -1.58. The predicted molar refractivity (Wildman–Crippen MR) is 47.9 cm³/mol. The molecule has 0 spiro atoms. The lowest BCUT2D eigenvalue weighted by atomic mass is 10.1. The van der Waals surface area contributed by atoms with E-state index in [2.05, 4.69) is 0 Å². The summed E-state index contributed by atoms with van der Waals surface area (Å²) in [7, 11) is 0. The number of aliphatic hydroxyl groups is 2. The van der Waals surface area contributed by atoms with Crippen LogP contribution in [-0.2, 0) is 9.59 Å². The summed E-state index contributed by atoms with van der Waals surface area (Å²) in [5.41, 5.74) is -1.58. The van der Waals surface area contributed by atoms with Gasteiger partial charge in [-0.05, 0) is 20.8 Å². The Hall–Kier alpha value is -1.14. The van der Waals surface area contributed by atoms with Crippen molar-refractivity contribution >= 4 is 11.9 Å². The second kappa shape index (κ2) is 6.33. The van der Waals surface area contributed by atoms with E-state index in [1.807, 2.05) is 0 Å². The number of aliphatic hydroxyl groups excluding tert-OH is 1. The van der Waals surface area contributed by atoms with Crippen molar-refractivity contribution < 1.29 is 30.0 Å². The number of hydrogen-bond donors (Lipinski definition) is 4. The number of hydrogen-bond acceptors (Lipinski definition) is 4. The molecule has 0 aromatic carbocycles. The first-order valence-electron chi connectivity index (χ1n) is 3.93. The molecule has 1 unspecified atom stereocenters. The molecule has 4 N–H and O–H groups in total. The first-order chi connectivity index (χ1) is 6.07. The number of carbonyl (C=O) groups is 2. The number of rotatable bonds is 3. The summed E-state index contributed by atoms with van der Waals surface area (Å²) in [4.78, 5) is 19.4. The third-order valence-electron chi connectivity index (χ3n) is 0.993. The zero-order valence-corrected chi connectivity index (χ0v) is 8.39. The van der Waals surface area contributed by atoms with Crippen molar-refractivity contribution in [3.63, 3.8) is 0 Å². The molecule has 0 heterocycles. The second-order valence-corrected chi connectivity index (χ2v) is 3.31. The van der Waals surface area contributed by atoms with Gasteiger partial charge in [0.2, 0.25) is 0 Å². The molecule has 0 radical (unpaired) electrons. The van der Waals surface area contributed by atoms with E-state index < -0.39 is 23.6 Å². The van der Waals surface area contributed by atoms with Gasteiger partial charge in [0.1, 0.15) is 0 Å². The van der Waals surface area contributed by atoms with Crippen molar-refractivity contribution in [2.24, 2.45) is 0 Å². The molecule has 0 aromatic heterocycles. The van der Waals surface area contributed by atoms with Gasteiger partial charge < -0.3 is 20.4 Å². The van der Waals surface area contributed by atoms with Crippen molar-refractivity contribution in [3.05, 3.63) is 0 Å². The van der Waals surface area contributed by atoms with Gasteiger partial charge in [-0.15, -0.1) is 0 Å². The minimum absolute atomic E-state index is 0.167. The summed E-state index contributed by atoms with van der Waals surface area (Å²) in [6, 6.07) is 0. The Morgan fingerprint density at radius 2 is 1.57 bits per heavy atom. The fraction of sp³-hybridized carbons (Fsp3) is 0.750. The Kier molecular flexibility index (Phi) is 6.94. The van der Waals surface area contributed by atoms with E-state index in [0.717, 1.165) is 0 Å². The fourth-order valence-electron chi connectivity index (χ4n) is 0.253. The van der Waals surface area contributed by atoms with Gasteiger partial charge in [0.05, 0.1) is 12.5 Å². The van der Waals surface area contributed by atoms with E-state index in [1.54, 1.807) is 0 Å². The van der Waals surface area contributed by atoms with Gasteiger partial charge >= 0.3 is 11.9 Å². The monoisotopic (exact) mass is 208 g/mol. The molecule has 14 heavy (non-hydrogen) atoms. The van der Waals surface area contributed by atoms with Crippen molar-refractivity contribution in [2.75, 3.05) is 0 Å². The number of carboxylic acid groups (broad SMARTS) is 2. The molecule has 0 fully saturated rings. The van der Waals surface area contributed by atoms with Gasteiger partial charge in [-0.25, -0.2) is 4.79 Å². The van der Waals surface area contributed by atoms with Crippen molar-refractivity contribution in [1.82, 2.24) is 0 Å². The molecule has 0 aromatic rings. The van der Waals surface area contributed by atoms with Crippen LogP contribution >= 0.6 is 0 Å². The second-order valence-electron chi connectivity index (χ2n) is 3.31. The van der Waals surface area contributed by atoms with Crippen LogP contribution in [0.25, 0.3) is 0 Å². The highest BCUT2D eigenvalue weighted by Crippen LogP contribution is 1.97. The Balaban J connectivity index is 0. The van der Waals surface area contributed by atoms with Gasteiger partial charge in [0.15, 0.2) is 5.60 Å². The molecule has 0 aliphatic heterocycles. The third-order valence-corrected chi connectivity index (χ3v) is 0.993. The maximum Gasteiger partial charge on any atom is 0.335 e. The molecule has 0 aliphatic carbocycles. The van der Waals surface area contributed by atoms with Crippen LogP contribution in [0.3, 0.4) is 0 Å². The molecule has 6 heteroatoms. The Morgan fingerprint density at radius 1 is 1.29 bits per heavy atom. The summed E-state index contributed by atoms with van der Waals surface area (Å²) in [5, 5.41) is 32.8.